The molecule has 1 heterocycles. The number of aliphatic carboxylic acids is 1. The highest BCUT2D eigenvalue weighted by Crippen LogP contribution is 2.41. The van der Waals surface area contributed by atoms with Crippen molar-refractivity contribution in [3.8, 4) is 5.75 Å². The Hall–Kier alpha value is -4.29. The van der Waals surface area contributed by atoms with Crippen LogP contribution in [0, 0.1) is 11.8 Å². The van der Waals surface area contributed by atoms with Crippen molar-refractivity contribution in [3.05, 3.63) is 76.6 Å². The minimum Gasteiger partial charge on any atom is -0.489 e. The molecule has 0 radical (unpaired) electrons. The summed E-state index contributed by atoms with van der Waals surface area (Å²) in [6, 6.07) is 2.68. The molecular formula is C36H41F9N4O5S. The summed E-state index contributed by atoms with van der Waals surface area (Å²) in [6.45, 7) is 2.98. The predicted octanol–water partition coefficient (Wildman–Crippen LogP) is 8.83. The molecule has 1 N–H and O–H groups in total. The third-order valence-corrected chi connectivity index (χ3v) is 10.4. The Morgan fingerprint density at radius 1 is 0.873 bits per heavy atom. The molecule has 0 aliphatic heterocycles. The van der Waals surface area contributed by atoms with Crippen LogP contribution < -0.4 is 14.5 Å². The summed E-state index contributed by atoms with van der Waals surface area (Å²) < 4.78 is 154. The van der Waals surface area contributed by atoms with Crippen molar-refractivity contribution in [1.29, 1.82) is 0 Å². The summed E-state index contributed by atoms with van der Waals surface area (Å²) in [6.07, 6.45) is -9.27. The second-order valence-electron chi connectivity index (χ2n) is 13.7. The van der Waals surface area contributed by atoms with Gasteiger partial charge in [-0.05, 0) is 98.9 Å². The van der Waals surface area contributed by atoms with E-state index in [0.717, 1.165) is 30.8 Å². The van der Waals surface area contributed by atoms with Gasteiger partial charge >= 0.3 is 24.5 Å². The highest BCUT2D eigenvalue weighted by Gasteiger charge is 2.38. The number of hydrogen-bond acceptors (Lipinski definition) is 8. The van der Waals surface area contributed by atoms with Crippen molar-refractivity contribution in [2.24, 2.45) is 11.8 Å². The van der Waals surface area contributed by atoms with E-state index in [1.165, 1.54) is 17.9 Å². The highest BCUT2D eigenvalue weighted by molar-refractivity contribution is 7.90. The fourth-order valence-corrected chi connectivity index (χ4v) is 6.97. The average Bonchev–Trinajstić information content (AvgIpc) is 3.08. The molecule has 1 aliphatic rings. The first-order valence-corrected chi connectivity index (χ1v) is 19.4. The van der Waals surface area contributed by atoms with Gasteiger partial charge in [-0.1, -0.05) is 0 Å². The lowest BCUT2D eigenvalue weighted by molar-refractivity contribution is -0.143. The van der Waals surface area contributed by atoms with E-state index in [2.05, 4.69) is 9.97 Å². The first-order chi connectivity index (χ1) is 25.4. The number of rotatable bonds is 15. The van der Waals surface area contributed by atoms with Gasteiger partial charge in [-0.2, -0.15) is 39.5 Å². The molecule has 1 atom stereocenters. The summed E-state index contributed by atoms with van der Waals surface area (Å²) >= 11 is 0. The molecule has 55 heavy (non-hydrogen) atoms. The number of hydrogen-bond donors (Lipinski definition) is 1. The van der Waals surface area contributed by atoms with Gasteiger partial charge in [0, 0.05) is 38.0 Å². The Kier molecular flexibility index (Phi) is 13.6. The largest absolute Gasteiger partial charge is 0.489 e. The van der Waals surface area contributed by atoms with Gasteiger partial charge in [0.2, 0.25) is 5.95 Å². The molecule has 3 aromatic rings. The molecule has 0 unspecified atom stereocenters. The smallest absolute Gasteiger partial charge is 0.416 e. The van der Waals surface area contributed by atoms with Gasteiger partial charge in [0.1, 0.15) is 6.61 Å². The number of carbonyl (C=O) groups is 1. The fourth-order valence-electron chi connectivity index (χ4n) is 6.58. The van der Waals surface area contributed by atoms with Crippen LogP contribution in [0.5, 0.6) is 5.75 Å². The van der Waals surface area contributed by atoms with Crippen molar-refractivity contribution >= 4 is 27.4 Å². The number of nitrogens with zero attached hydrogens (tertiary/aromatic N) is 4. The molecular weight excluding hydrogens is 771 g/mol. The number of carboxylic acid groups (broad SMARTS) is 1. The van der Waals surface area contributed by atoms with Gasteiger partial charge in [0.15, 0.2) is 15.6 Å². The lowest BCUT2D eigenvalue weighted by Crippen LogP contribution is -2.34. The minimum absolute atomic E-state index is 0.00526. The molecule has 1 aliphatic carbocycles. The minimum atomic E-state index is -5.18. The number of carboxylic acids is 1. The maximum absolute atomic E-state index is 14.1. The van der Waals surface area contributed by atoms with Crippen LogP contribution in [0.25, 0.3) is 0 Å². The van der Waals surface area contributed by atoms with Gasteiger partial charge in [0.05, 0.1) is 40.9 Å². The van der Waals surface area contributed by atoms with E-state index in [0.29, 0.717) is 56.6 Å². The number of benzene rings is 2. The van der Waals surface area contributed by atoms with E-state index >= 15 is 0 Å². The van der Waals surface area contributed by atoms with Gasteiger partial charge in [-0.25, -0.2) is 18.4 Å². The number of halogens is 9. The molecule has 304 valence electrons. The summed E-state index contributed by atoms with van der Waals surface area (Å²) in [5, 5.41) is 9.19. The van der Waals surface area contributed by atoms with Gasteiger partial charge in [0.25, 0.3) is 0 Å². The summed E-state index contributed by atoms with van der Waals surface area (Å²) in [5.74, 6) is -1.48. The maximum Gasteiger partial charge on any atom is 0.416 e. The lowest BCUT2D eigenvalue weighted by Gasteiger charge is -2.36. The Morgan fingerprint density at radius 2 is 1.42 bits per heavy atom. The molecule has 1 aromatic heterocycles. The van der Waals surface area contributed by atoms with E-state index in [-0.39, 0.29) is 53.9 Å². The normalized spacial score (nSPS) is 17.5. The zero-order valence-electron chi connectivity index (χ0n) is 30.1. The highest BCUT2D eigenvalue weighted by atomic mass is 32.2. The number of sulfone groups is 1. The van der Waals surface area contributed by atoms with Crippen molar-refractivity contribution < 1.29 is 62.6 Å². The van der Waals surface area contributed by atoms with Crippen LogP contribution in [0.15, 0.2) is 48.8 Å². The predicted molar refractivity (Wildman–Crippen MR) is 185 cm³/mol. The Labute approximate surface area is 312 Å². The zero-order valence-corrected chi connectivity index (χ0v) is 30.9. The number of ether oxygens (including phenoxy) is 1. The number of alkyl halides is 9. The van der Waals surface area contributed by atoms with E-state index in [4.69, 9.17) is 4.74 Å². The second-order valence-corrected chi connectivity index (χ2v) is 16.0. The number of aromatic nitrogens is 2. The van der Waals surface area contributed by atoms with Crippen LogP contribution in [0.2, 0.25) is 0 Å². The van der Waals surface area contributed by atoms with Crippen LogP contribution >= 0.6 is 0 Å². The fraction of sp³-hybridized carbons (Fsp3) is 0.528. The van der Waals surface area contributed by atoms with Crippen LogP contribution in [0.4, 0.5) is 51.1 Å². The van der Waals surface area contributed by atoms with Crippen LogP contribution in [-0.2, 0) is 39.7 Å². The van der Waals surface area contributed by atoms with Crippen LogP contribution in [0.1, 0.15) is 79.8 Å². The van der Waals surface area contributed by atoms with E-state index in [1.807, 2.05) is 4.90 Å². The second kappa shape index (κ2) is 17.2. The van der Waals surface area contributed by atoms with Crippen molar-refractivity contribution in [2.75, 3.05) is 41.5 Å². The van der Waals surface area contributed by atoms with Gasteiger partial charge < -0.3 is 19.6 Å². The monoisotopic (exact) mass is 812 g/mol. The molecule has 9 nitrogen and oxygen atoms in total. The molecule has 0 spiro atoms. The Bertz CT molecular complexity index is 1850. The first kappa shape index (κ1) is 43.4. The van der Waals surface area contributed by atoms with Crippen molar-refractivity contribution in [1.82, 2.24) is 9.97 Å². The molecule has 0 saturated heterocycles. The quantitative estimate of drug-likeness (QED) is 0.151. The molecule has 19 heteroatoms. The molecule has 2 aromatic carbocycles. The first-order valence-electron chi connectivity index (χ1n) is 17.3. The van der Waals surface area contributed by atoms with E-state index in [9.17, 15) is 57.8 Å². The Balaban J connectivity index is 1.80. The Morgan fingerprint density at radius 3 is 1.91 bits per heavy atom. The summed E-state index contributed by atoms with van der Waals surface area (Å²) in [4.78, 5) is 22.6. The van der Waals surface area contributed by atoms with Crippen LogP contribution in [-0.4, -0.2) is 61.2 Å². The van der Waals surface area contributed by atoms with Crippen molar-refractivity contribution in [2.45, 2.75) is 77.1 Å². The van der Waals surface area contributed by atoms with E-state index in [1.54, 1.807) is 6.92 Å². The van der Waals surface area contributed by atoms with E-state index < -0.39 is 69.2 Å². The maximum atomic E-state index is 14.1. The topological polar surface area (TPSA) is 113 Å². The van der Waals surface area contributed by atoms with Gasteiger partial charge in [-0.3, -0.25) is 4.79 Å². The van der Waals surface area contributed by atoms with Crippen LogP contribution in [0.3, 0.4) is 0 Å². The third kappa shape index (κ3) is 12.4. The zero-order chi connectivity index (χ0) is 40.9. The molecule has 0 amide bonds. The SMILES string of the molecule is CCN(C[C@H]1CC[C@H](CC(=O)O)CC1)c1ccc(C(F)(F)F)cc1CN(c1ncc(OCCS(C)(=O)=O)cn1)[C@H](C)c1cc(C(F)(F)F)cc(C(F)(F)F)c1. The molecule has 1 fully saturated rings. The third-order valence-electron chi connectivity index (χ3n) is 9.53. The molecule has 0 bridgehead atoms. The number of anilines is 2. The standard InChI is InChI=1S/C36H41F9N4O5S/c1-4-48(20-24-7-5-23(6-8-24)13-32(50)51)31-10-9-27(34(37,38)39)16-26(31)21-49(33-46-18-30(19-47-33)54-11-12-55(3,52)53)22(2)25-14-28(35(40,41)42)17-29(15-25)36(43,44)45/h9-10,14-19,22-24H,4-8,11-13,20-21H2,1-3H3,(H,50,51)/t22-,23-,24-/m1/s1. The summed E-state index contributed by atoms with van der Waals surface area (Å²) in [7, 11) is -3.40. The lowest BCUT2D eigenvalue weighted by atomic mass is 9.80. The molecule has 1 saturated carbocycles. The van der Waals surface area contributed by atoms with Gasteiger partial charge in [-0.15, -0.1) is 0 Å². The molecule has 4 rings (SSSR count). The average molecular weight is 813 g/mol. The summed E-state index contributed by atoms with van der Waals surface area (Å²) in [5.41, 5.74) is -4.33. The van der Waals surface area contributed by atoms with Crippen molar-refractivity contribution in [3.63, 3.8) is 0 Å².